The highest BCUT2D eigenvalue weighted by molar-refractivity contribution is 6.32. The predicted molar refractivity (Wildman–Crippen MR) is 47.3 cm³/mol. The number of benzene rings is 1. The fourth-order valence-corrected chi connectivity index (χ4v) is 1.23. The van der Waals surface area contributed by atoms with Crippen LogP contribution in [0.4, 0.5) is 0 Å². The Balaban J connectivity index is 2.21. The van der Waals surface area contributed by atoms with Crippen LogP contribution < -0.4 is 9.47 Å². The standard InChI is InChI=1S/C9H9ClO2/c1-2-5-11-8-6(10)3-4-7-9(8)12-7/h3-4H,2,5H2,1H3. The van der Waals surface area contributed by atoms with Crippen molar-refractivity contribution in [2.45, 2.75) is 13.3 Å². The Hall–Kier alpha value is -0.890. The Bertz CT molecular complexity index is 306. The summed E-state index contributed by atoms with van der Waals surface area (Å²) in [5.74, 6) is 2.37. The molecule has 0 unspecified atom stereocenters. The van der Waals surface area contributed by atoms with Gasteiger partial charge in [0.15, 0.2) is 11.5 Å². The fourth-order valence-electron chi connectivity index (χ4n) is 1.02. The Labute approximate surface area is 76.1 Å². The lowest BCUT2D eigenvalue weighted by Crippen LogP contribution is -1.94. The van der Waals surface area contributed by atoms with Gasteiger partial charge in [-0.3, -0.25) is 0 Å². The van der Waals surface area contributed by atoms with Gasteiger partial charge in [-0.25, -0.2) is 0 Å². The van der Waals surface area contributed by atoms with Crippen molar-refractivity contribution in [3.63, 3.8) is 0 Å². The van der Waals surface area contributed by atoms with Crippen molar-refractivity contribution in [1.29, 1.82) is 0 Å². The summed E-state index contributed by atoms with van der Waals surface area (Å²) in [6.07, 6.45) is 0.972. The molecule has 64 valence electrons. The quantitative estimate of drug-likeness (QED) is 0.684. The van der Waals surface area contributed by atoms with E-state index < -0.39 is 0 Å². The molecule has 1 heterocycles. The van der Waals surface area contributed by atoms with Crippen LogP contribution in [0.15, 0.2) is 12.1 Å². The Morgan fingerprint density at radius 2 is 2.33 bits per heavy atom. The van der Waals surface area contributed by atoms with Crippen molar-refractivity contribution in [3.8, 4) is 17.2 Å². The van der Waals surface area contributed by atoms with E-state index in [1.165, 1.54) is 0 Å². The minimum atomic E-state index is 0.625. The molecule has 0 saturated heterocycles. The zero-order valence-electron chi connectivity index (χ0n) is 6.76. The van der Waals surface area contributed by atoms with E-state index in [1.54, 1.807) is 6.07 Å². The van der Waals surface area contributed by atoms with Gasteiger partial charge in [0.25, 0.3) is 0 Å². The van der Waals surface area contributed by atoms with Crippen LogP contribution in [0, 0.1) is 0 Å². The monoisotopic (exact) mass is 184 g/mol. The van der Waals surface area contributed by atoms with E-state index in [1.807, 2.05) is 6.07 Å². The highest BCUT2D eigenvalue weighted by Gasteiger charge is 2.27. The Kier molecular flexibility index (Phi) is 1.85. The molecular formula is C9H9ClO2. The maximum Gasteiger partial charge on any atom is 0.213 e. The molecule has 12 heavy (non-hydrogen) atoms. The van der Waals surface area contributed by atoms with Gasteiger partial charge in [-0.15, -0.1) is 0 Å². The van der Waals surface area contributed by atoms with Gasteiger partial charge in [-0.1, -0.05) is 18.5 Å². The summed E-state index contributed by atoms with van der Waals surface area (Å²) < 4.78 is 10.5. The van der Waals surface area contributed by atoms with Gasteiger partial charge in [0.1, 0.15) is 0 Å². The third-order valence-electron chi connectivity index (χ3n) is 1.65. The highest BCUT2D eigenvalue weighted by atomic mass is 35.5. The lowest BCUT2D eigenvalue weighted by molar-refractivity contribution is 0.314. The van der Waals surface area contributed by atoms with Crippen LogP contribution in [-0.2, 0) is 0 Å². The summed E-state index contributed by atoms with van der Waals surface area (Å²) in [5.41, 5.74) is 0. The summed E-state index contributed by atoms with van der Waals surface area (Å²) >= 11 is 5.89. The molecule has 2 rings (SSSR count). The van der Waals surface area contributed by atoms with Crippen LogP contribution in [0.5, 0.6) is 17.2 Å². The lowest BCUT2D eigenvalue weighted by atomic mass is 10.3. The van der Waals surface area contributed by atoms with E-state index in [9.17, 15) is 0 Å². The number of fused-ring (bicyclic) bond motifs is 1. The van der Waals surface area contributed by atoms with Gasteiger partial charge < -0.3 is 9.47 Å². The summed E-state index contributed by atoms with van der Waals surface area (Å²) in [6, 6.07) is 3.63. The van der Waals surface area contributed by atoms with Crippen LogP contribution in [-0.4, -0.2) is 6.61 Å². The van der Waals surface area contributed by atoms with Crippen LogP contribution in [0.3, 0.4) is 0 Å². The molecule has 0 N–H and O–H groups in total. The smallest absolute Gasteiger partial charge is 0.213 e. The molecule has 0 saturated carbocycles. The molecular weight excluding hydrogens is 176 g/mol. The molecule has 0 aliphatic carbocycles. The average Bonchev–Trinajstić information content (AvgIpc) is 2.82. The molecule has 0 fully saturated rings. The molecule has 0 bridgehead atoms. The summed E-state index contributed by atoms with van der Waals surface area (Å²) in [6.45, 7) is 2.73. The summed E-state index contributed by atoms with van der Waals surface area (Å²) in [5, 5.41) is 0.625. The number of hydrogen-bond donors (Lipinski definition) is 0. The zero-order chi connectivity index (χ0) is 8.55. The number of rotatable bonds is 3. The van der Waals surface area contributed by atoms with Gasteiger partial charge in [-0.05, 0) is 18.6 Å². The highest BCUT2D eigenvalue weighted by Crippen LogP contribution is 2.55. The molecule has 0 atom stereocenters. The second kappa shape index (κ2) is 2.87. The largest absolute Gasteiger partial charge is 0.488 e. The van der Waals surface area contributed by atoms with Crippen molar-refractivity contribution < 1.29 is 9.47 Å². The lowest BCUT2D eigenvalue weighted by Gasteiger charge is -2.02. The maximum atomic E-state index is 5.89. The first-order valence-electron chi connectivity index (χ1n) is 3.96. The van der Waals surface area contributed by atoms with E-state index in [0.29, 0.717) is 17.4 Å². The van der Waals surface area contributed by atoms with Crippen LogP contribution in [0.1, 0.15) is 13.3 Å². The van der Waals surface area contributed by atoms with Gasteiger partial charge in [0.05, 0.1) is 11.6 Å². The van der Waals surface area contributed by atoms with E-state index in [4.69, 9.17) is 21.1 Å². The van der Waals surface area contributed by atoms with Crippen molar-refractivity contribution in [2.24, 2.45) is 0 Å². The van der Waals surface area contributed by atoms with Gasteiger partial charge in [0.2, 0.25) is 5.75 Å². The van der Waals surface area contributed by atoms with Gasteiger partial charge in [0, 0.05) is 0 Å². The molecule has 0 amide bonds. The Morgan fingerprint density at radius 3 is 3.08 bits per heavy atom. The predicted octanol–water partition coefficient (Wildman–Crippen LogP) is 3.23. The van der Waals surface area contributed by atoms with Crippen LogP contribution in [0.2, 0.25) is 5.02 Å². The zero-order valence-corrected chi connectivity index (χ0v) is 7.52. The van der Waals surface area contributed by atoms with Crippen molar-refractivity contribution in [3.05, 3.63) is 17.2 Å². The molecule has 3 heteroatoms. The van der Waals surface area contributed by atoms with E-state index >= 15 is 0 Å². The van der Waals surface area contributed by atoms with Crippen molar-refractivity contribution >= 4 is 11.6 Å². The number of ether oxygens (including phenoxy) is 2. The molecule has 1 aliphatic rings. The number of halogens is 1. The second-order valence-electron chi connectivity index (χ2n) is 2.65. The SMILES string of the molecule is CCCOc1c(Cl)ccc2c1O2. The summed E-state index contributed by atoms with van der Waals surface area (Å²) in [4.78, 5) is 0. The molecule has 1 aromatic rings. The van der Waals surface area contributed by atoms with Crippen molar-refractivity contribution in [2.75, 3.05) is 6.61 Å². The van der Waals surface area contributed by atoms with E-state index in [2.05, 4.69) is 6.92 Å². The van der Waals surface area contributed by atoms with Gasteiger partial charge in [-0.2, -0.15) is 0 Å². The minimum Gasteiger partial charge on any atom is -0.488 e. The molecule has 2 nitrogen and oxygen atoms in total. The Morgan fingerprint density at radius 1 is 1.50 bits per heavy atom. The molecule has 1 aliphatic heterocycles. The summed E-state index contributed by atoms with van der Waals surface area (Å²) in [7, 11) is 0. The van der Waals surface area contributed by atoms with Crippen LogP contribution >= 0.6 is 11.6 Å². The van der Waals surface area contributed by atoms with E-state index in [-0.39, 0.29) is 0 Å². The third-order valence-corrected chi connectivity index (χ3v) is 1.95. The third kappa shape index (κ3) is 1.23. The maximum absolute atomic E-state index is 5.89. The first-order valence-corrected chi connectivity index (χ1v) is 4.34. The second-order valence-corrected chi connectivity index (χ2v) is 3.06. The minimum absolute atomic E-state index is 0.625. The molecule has 1 aromatic carbocycles. The van der Waals surface area contributed by atoms with Crippen molar-refractivity contribution in [1.82, 2.24) is 0 Å². The first-order chi connectivity index (χ1) is 5.83. The average molecular weight is 185 g/mol. The van der Waals surface area contributed by atoms with E-state index in [0.717, 1.165) is 17.9 Å². The first kappa shape index (κ1) is 7.74. The normalized spacial score (nSPS) is 11.8. The molecule has 0 aromatic heterocycles. The topological polar surface area (TPSA) is 21.8 Å². The van der Waals surface area contributed by atoms with Gasteiger partial charge >= 0.3 is 0 Å². The van der Waals surface area contributed by atoms with Crippen LogP contribution in [0.25, 0.3) is 0 Å². The molecule has 0 spiro atoms. The molecule has 0 radical (unpaired) electrons. The number of hydrogen-bond acceptors (Lipinski definition) is 2. The fraction of sp³-hybridized carbons (Fsp3) is 0.333.